The Labute approximate surface area is 155 Å². The van der Waals surface area contributed by atoms with Crippen LogP contribution in [-0.2, 0) is 11.2 Å². The molecule has 5 heteroatoms. The van der Waals surface area contributed by atoms with E-state index in [0.29, 0.717) is 12.3 Å². The third kappa shape index (κ3) is 3.00. The van der Waals surface area contributed by atoms with Crippen LogP contribution in [0.4, 0.5) is 0 Å². The normalized spacial score (nSPS) is 29.7. The molecule has 3 aliphatic heterocycles. The zero-order chi connectivity index (χ0) is 17.5. The third-order valence-corrected chi connectivity index (χ3v) is 6.80. The molecule has 0 N–H and O–H groups in total. The van der Waals surface area contributed by atoms with Gasteiger partial charge in [0.05, 0.1) is 11.7 Å². The van der Waals surface area contributed by atoms with Crippen LogP contribution < -0.4 is 4.74 Å². The maximum atomic E-state index is 12.2. The summed E-state index contributed by atoms with van der Waals surface area (Å²) in [5.74, 6) is 1.09. The summed E-state index contributed by atoms with van der Waals surface area (Å²) in [6, 6.07) is 5.22. The van der Waals surface area contributed by atoms with Crippen LogP contribution in [0.15, 0.2) is 12.1 Å². The van der Waals surface area contributed by atoms with E-state index in [1.54, 1.807) is 0 Å². The SMILES string of the molecule is O=C1CCCC2c3ccc(O[C@H]4CCN(C5CCCC5)C4)nc3CCN12. The highest BCUT2D eigenvalue weighted by Gasteiger charge is 2.35. The fourth-order valence-corrected chi connectivity index (χ4v) is 5.43. The van der Waals surface area contributed by atoms with E-state index in [-0.39, 0.29) is 12.1 Å². The van der Waals surface area contributed by atoms with Crippen LogP contribution in [0.2, 0.25) is 0 Å². The smallest absolute Gasteiger partial charge is 0.223 e. The average molecular weight is 355 g/mol. The van der Waals surface area contributed by atoms with Gasteiger partial charge in [-0.3, -0.25) is 9.69 Å². The Balaban J connectivity index is 1.26. The lowest BCUT2D eigenvalue weighted by Gasteiger charge is -2.40. The minimum absolute atomic E-state index is 0.242. The average Bonchev–Trinajstić information content (AvgIpc) is 3.33. The van der Waals surface area contributed by atoms with E-state index in [0.717, 1.165) is 56.4 Å². The highest BCUT2D eigenvalue weighted by Crippen LogP contribution is 2.37. The number of hydrogen-bond acceptors (Lipinski definition) is 4. The van der Waals surface area contributed by atoms with Crippen molar-refractivity contribution in [3.8, 4) is 5.88 Å². The Morgan fingerprint density at radius 1 is 1.00 bits per heavy atom. The van der Waals surface area contributed by atoms with Crippen molar-refractivity contribution >= 4 is 5.91 Å². The van der Waals surface area contributed by atoms with Crippen molar-refractivity contribution in [2.24, 2.45) is 0 Å². The second kappa shape index (κ2) is 6.84. The first-order valence-corrected chi connectivity index (χ1v) is 10.5. The molecule has 1 unspecified atom stereocenters. The number of likely N-dealkylation sites (tertiary alicyclic amines) is 1. The highest BCUT2D eigenvalue weighted by atomic mass is 16.5. The van der Waals surface area contributed by atoms with Crippen LogP contribution >= 0.6 is 0 Å². The monoisotopic (exact) mass is 355 g/mol. The number of nitrogens with zero attached hydrogens (tertiary/aromatic N) is 3. The molecule has 1 amide bonds. The number of fused-ring (bicyclic) bond motifs is 3. The highest BCUT2D eigenvalue weighted by molar-refractivity contribution is 5.78. The standard InChI is InChI=1S/C21H29N3O2/c25-21-7-3-6-19-17-8-9-20(22-18(17)11-13-24(19)21)26-16-10-12-23(14-16)15-4-1-2-5-15/h8-9,15-16,19H,1-7,10-14H2/t16-,19?/m0/s1. The Morgan fingerprint density at radius 3 is 2.77 bits per heavy atom. The van der Waals surface area contributed by atoms with E-state index in [1.165, 1.54) is 37.8 Å². The van der Waals surface area contributed by atoms with Gasteiger partial charge in [-0.1, -0.05) is 12.8 Å². The number of amides is 1. The molecule has 3 fully saturated rings. The van der Waals surface area contributed by atoms with Gasteiger partial charge in [0.25, 0.3) is 0 Å². The van der Waals surface area contributed by atoms with Gasteiger partial charge < -0.3 is 9.64 Å². The molecule has 140 valence electrons. The van der Waals surface area contributed by atoms with Crippen LogP contribution in [0.25, 0.3) is 0 Å². The van der Waals surface area contributed by atoms with Crippen molar-refractivity contribution in [2.45, 2.75) is 76.0 Å². The third-order valence-electron chi connectivity index (χ3n) is 6.80. The summed E-state index contributed by atoms with van der Waals surface area (Å²) >= 11 is 0. The van der Waals surface area contributed by atoms with Crippen molar-refractivity contribution in [3.63, 3.8) is 0 Å². The molecule has 0 bridgehead atoms. The minimum Gasteiger partial charge on any atom is -0.473 e. The number of carbonyl (C=O) groups is 1. The van der Waals surface area contributed by atoms with Gasteiger partial charge >= 0.3 is 0 Å². The number of piperidine rings is 1. The van der Waals surface area contributed by atoms with Gasteiger partial charge in [0, 0.05) is 44.6 Å². The van der Waals surface area contributed by atoms with Crippen molar-refractivity contribution in [1.29, 1.82) is 0 Å². The quantitative estimate of drug-likeness (QED) is 0.836. The lowest BCUT2D eigenvalue weighted by atomic mass is 9.89. The molecular formula is C21H29N3O2. The summed E-state index contributed by atoms with van der Waals surface area (Å²) in [7, 11) is 0. The van der Waals surface area contributed by atoms with Crippen LogP contribution in [0.1, 0.15) is 68.7 Å². The van der Waals surface area contributed by atoms with E-state index in [2.05, 4.69) is 15.9 Å². The molecule has 26 heavy (non-hydrogen) atoms. The number of pyridine rings is 1. The van der Waals surface area contributed by atoms with E-state index >= 15 is 0 Å². The Hall–Kier alpha value is -1.62. The molecule has 0 spiro atoms. The molecule has 2 saturated heterocycles. The van der Waals surface area contributed by atoms with E-state index < -0.39 is 0 Å². The molecular weight excluding hydrogens is 326 g/mol. The molecule has 5 rings (SSSR count). The summed E-state index contributed by atoms with van der Waals surface area (Å²) in [6.45, 7) is 3.03. The van der Waals surface area contributed by atoms with Gasteiger partial charge in [0.2, 0.25) is 11.8 Å². The van der Waals surface area contributed by atoms with Gasteiger partial charge in [0.15, 0.2) is 0 Å². The lowest BCUT2D eigenvalue weighted by molar-refractivity contribution is -0.137. The van der Waals surface area contributed by atoms with Gasteiger partial charge in [-0.25, -0.2) is 4.98 Å². The van der Waals surface area contributed by atoms with Crippen LogP contribution in [0.5, 0.6) is 5.88 Å². The zero-order valence-electron chi connectivity index (χ0n) is 15.5. The molecule has 1 aliphatic carbocycles. The lowest BCUT2D eigenvalue weighted by Crippen LogP contribution is -2.42. The van der Waals surface area contributed by atoms with Crippen molar-refractivity contribution in [3.05, 3.63) is 23.4 Å². The van der Waals surface area contributed by atoms with Crippen molar-refractivity contribution in [1.82, 2.24) is 14.8 Å². The first-order chi connectivity index (χ1) is 12.8. The molecule has 1 saturated carbocycles. The Kier molecular flexibility index (Phi) is 4.35. The number of rotatable bonds is 3. The fourth-order valence-electron chi connectivity index (χ4n) is 5.43. The number of hydrogen-bond donors (Lipinski definition) is 0. The summed E-state index contributed by atoms with van der Waals surface area (Å²) in [4.78, 5) is 21.7. The van der Waals surface area contributed by atoms with Crippen LogP contribution in [0, 0.1) is 0 Å². The fraction of sp³-hybridized carbons (Fsp3) is 0.714. The molecule has 1 aromatic rings. The van der Waals surface area contributed by atoms with Gasteiger partial charge in [-0.2, -0.15) is 0 Å². The Bertz CT molecular complexity index is 686. The number of aromatic nitrogens is 1. The van der Waals surface area contributed by atoms with Gasteiger partial charge in [0.1, 0.15) is 6.10 Å². The molecule has 1 aromatic heterocycles. The summed E-state index contributed by atoms with van der Waals surface area (Å²) in [5, 5.41) is 0. The van der Waals surface area contributed by atoms with Crippen LogP contribution in [0.3, 0.4) is 0 Å². The second-order valence-electron chi connectivity index (χ2n) is 8.39. The second-order valence-corrected chi connectivity index (χ2v) is 8.39. The van der Waals surface area contributed by atoms with Gasteiger partial charge in [-0.05, 0) is 43.7 Å². The molecule has 0 radical (unpaired) electrons. The molecule has 4 heterocycles. The predicted molar refractivity (Wildman–Crippen MR) is 99.1 cm³/mol. The molecule has 5 nitrogen and oxygen atoms in total. The van der Waals surface area contributed by atoms with Crippen molar-refractivity contribution in [2.75, 3.05) is 19.6 Å². The summed E-state index contributed by atoms with van der Waals surface area (Å²) < 4.78 is 6.26. The maximum Gasteiger partial charge on any atom is 0.223 e. The maximum absolute atomic E-state index is 12.2. The largest absolute Gasteiger partial charge is 0.473 e. The minimum atomic E-state index is 0.242. The number of ether oxygens (including phenoxy) is 1. The first-order valence-electron chi connectivity index (χ1n) is 10.5. The molecule has 2 atom stereocenters. The van der Waals surface area contributed by atoms with Gasteiger partial charge in [-0.15, -0.1) is 0 Å². The van der Waals surface area contributed by atoms with Crippen LogP contribution in [-0.4, -0.2) is 52.5 Å². The van der Waals surface area contributed by atoms with E-state index in [9.17, 15) is 4.79 Å². The number of carbonyl (C=O) groups excluding carboxylic acids is 1. The summed E-state index contributed by atoms with van der Waals surface area (Å²) in [5.41, 5.74) is 2.39. The van der Waals surface area contributed by atoms with E-state index in [1.807, 2.05) is 6.07 Å². The first kappa shape index (κ1) is 16.5. The molecule has 0 aromatic carbocycles. The predicted octanol–water partition coefficient (Wildman–Crippen LogP) is 3.09. The Morgan fingerprint density at radius 2 is 1.88 bits per heavy atom. The summed E-state index contributed by atoms with van der Waals surface area (Å²) in [6.07, 6.45) is 10.5. The van der Waals surface area contributed by atoms with Crippen molar-refractivity contribution < 1.29 is 9.53 Å². The molecule has 4 aliphatic rings. The van der Waals surface area contributed by atoms with E-state index in [4.69, 9.17) is 9.72 Å². The zero-order valence-corrected chi connectivity index (χ0v) is 15.5. The topological polar surface area (TPSA) is 45.7 Å².